The summed E-state index contributed by atoms with van der Waals surface area (Å²) < 4.78 is 3.60. The first-order valence-corrected chi connectivity index (χ1v) is 10.5. The zero-order valence-electron chi connectivity index (χ0n) is 17.7. The van der Waals surface area contributed by atoms with Gasteiger partial charge in [-0.2, -0.15) is 5.10 Å². The zero-order chi connectivity index (χ0) is 20.8. The SMILES string of the molecule is CCc1nc(C)cn2nc(-c3cc(=O)n4cc(N5CCN(C)CC5)ccc4c3)cc12. The standard InChI is InChI=1S/C23H26N6O/c1-4-20-22-13-21(25-29(22)14-16(2)24-20)17-11-18-5-6-19(15-28(18)23(30)12-17)27-9-7-26(3)8-10-27/h5-6,11-15H,4,7-10H2,1-3H3. The summed E-state index contributed by atoms with van der Waals surface area (Å²) in [6.45, 7) is 8.09. The Bertz CT molecular complexity index is 1300. The second kappa shape index (κ2) is 7.25. The van der Waals surface area contributed by atoms with Gasteiger partial charge in [0.15, 0.2) is 0 Å². The number of aryl methyl sites for hydroxylation is 2. The molecule has 1 aliphatic heterocycles. The molecule has 5 rings (SSSR count). The van der Waals surface area contributed by atoms with Gasteiger partial charge in [0.25, 0.3) is 5.56 Å². The number of fused-ring (bicyclic) bond motifs is 2. The van der Waals surface area contributed by atoms with Gasteiger partial charge in [-0.1, -0.05) is 6.92 Å². The molecule has 0 saturated carbocycles. The van der Waals surface area contributed by atoms with Crippen LogP contribution in [0.15, 0.2) is 47.5 Å². The Labute approximate surface area is 175 Å². The quantitative estimate of drug-likeness (QED) is 0.527. The van der Waals surface area contributed by atoms with E-state index in [1.807, 2.05) is 42.0 Å². The maximum atomic E-state index is 12.9. The van der Waals surface area contributed by atoms with Gasteiger partial charge < -0.3 is 9.80 Å². The molecule has 4 aromatic heterocycles. The number of piperazine rings is 1. The lowest BCUT2D eigenvalue weighted by molar-refractivity contribution is 0.313. The van der Waals surface area contributed by atoms with E-state index in [0.717, 1.165) is 72.0 Å². The minimum atomic E-state index is -0.0412. The fraction of sp³-hybridized carbons (Fsp3) is 0.348. The van der Waals surface area contributed by atoms with E-state index in [0.29, 0.717) is 0 Å². The minimum absolute atomic E-state index is 0.0412. The number of anilines is 1. The van der Waals surface area contributed by atoms with Crippen LogP contribution in [0.4, 0.5) is 5.69 Å². The maximum Gasteiger partial charge on any atom is 0.255 e. The lowest BCUT2D eigenvalue weighted by atomic mass is 10.1. The van der Waals surface area contributed by atoms with E-state index in [1.165, 1.54) is 0 Å². The number of hydrogen-bond donors (Lipinski definition) is 0. The first-order chi connectivity index (χ1) is 14.5. The fourth-order valence-corrected chi connectivity index (χ4v) is 4.20. The van der Waals surface area contributed by atoms with Crippen molar-refractivity contribution in [2.24, 2.45) is 0 Å². The molecule has 7 nitrogen and oxygen atoms in total. The van der Waals surface area contributed by atoms with Gasteiger partial charge in [0.2, 0.25) is 0 Å². The molecule has 7 heteroatoms. The van der Waals surface area contributed by atoms with Crippen LogP contribution in [-0.4, -0.2) is 57.1 Å². The lowest BCUT2D eigenvalue weighted by Gasteiger charge is -2.34. The van der Waals surface area contributed by atoms with Crippen LogP contribution in [0.5, 0.6) is 0 Å². The van der Waals surface area contributed by atoms with Gasteiger partial charge >= 0.3 is 0 Å². The lowest BCUT2D eigenvalue weighted by Crippen LogP contribution is -2.44. The van der Waals surface area contributed by atoms with Crippen molar-refractivity contribution in [2.45, 2.75) is 20.3 Å². The Morgan fingerprint density at radius 3 is 2.60 bits per heavy atom. The molecule has 5 heterocycles. The van der Waals surface area contributed by atoms with E-state index < -0.39 is 0 Å². The minimum Gasteiger partial charge on any atom is -0.368 e. The molecular weight excluding hydrogens is 376 g/mol. The highest BCUT2D eigenvalue weighted by atomic mass is 16.1. The van der Waals surface area contributed by atoms with Crippen molar-refractivity contribution < 1.29 is 0 Å². The molecule has 154 valence electrons. The van der Waals surface area contributed by atoms with Crippen molar-refractivity contribution in [1.29, 1.82) is 0 Å². The summed E-state index contributed by atoms with van der Waals surface area (Å²) in [6.07, 6.45) is 4.72. The molecule has 1 aliphatic rings. The van der Waals surface area contributed by atoms with Crippen molar-refractivity contribution in [2.75, 3.05) is 38.1 Å². The fourth-order valence-electron chi connectivity index (χ4n) is 4.20. The van der Waals surface area contributed by atoms with E-state index in [2.05, 4.69) is 34.8 Å². The van der Waals surface area contributed by atoms with Crippen molar-refractivity contribution in [3.05, 3.63) is 64.5 Å². The molecule has 1 saturated heterocycles. The molecule has 0 bridgehead atoms. The molecule has 0 aliphatic carbocycles. The van der Waals surface area contributed by atoms with E-state index in [9.17, 15) is 4.79 Å². The molecule has 30 heavy (non-hydrogen) atoms. The maximum absolute atomic E-state index is 12.9. The highest BCUT2D eigenvalue weighted by molar-refractivity contribution is 5.71. The van der Waals surface area contributed by atoms with Crippen LogP contribution < -0.4 is 10.5 Å². The third-order valence-corrected chi connectivity index (χ3v) is 5.94. The second-order valence-corrected chi connectivity index (χ2v) is 8.10. The van der Waals surface area contributed by atoms with Crippen LogP contribution in [0.2, 0.25) is 0 Å². The van der Waals surface area contributed by atoms with E-state index >= 15 is 0 Å². The van der Waals surface area contributed by atoms with Crippen LogP contribution in [0, 0.1) is 6.92 Å². The summed E-state index contributed by atoms with van der Waals surface area (Å²) in [4.78, 5) is 22.2. The summed E-state index contributed by atoms with van der Waals surface area (Å²) >= 11 is 0. The zero-order valence-corrected chi connectivity index (χ0v) is 17.7. The first kappa shape index (κ1) is 18.8. The van der Waals surface area contributed by atoms with E-state index in [4.69, 9.17) is 5.10 Å². The normalized spacial score (nSPS) is 15.4. The second-order valence-electron chi connectivity index (χ2n) is 8.10. The van der Waals surface area contributed by atoms with Crippen molar-refractivity contribution >= 4 is 16.7 Å². The Morgan fingerprint density at radius 1 is 1.03 bits per heavy atom. The summed E-state index contributed by atoms with van der Waals surface area (Å²) in [5.41, 5.74) is 6.48. The molecular formula is C23H26N6O. The third-order valence-electron chi connectivity index (χ3n) is 5.94. The van der Waals surface area contributed by atoms with Crippen LogP contribution in [0.1, 0.15) is 18.3 Å². The van der Waals surface area contributed by atoms with Crippen molar-refractivity contribution in [3.8, 4) is 11.3 Å². The molecule has 4 aromatic rings. The molecule has 0 N–H and O–H groups in total. The van der Waals surface area contributed by atoms with Gasteiger partial charge in [0.1, 0.15) is 0 Å². The molecule has 0 unspecified atom stereocenters. The highest BCUT2D eigenvalue weighted by Crippen LogP contribution is 2.23. The van der Waals surface area contributed by atoms with Crippen LogP contribution in [0.3, 0.4) is 0 Å². The Balaban J connectivity index is 1.56. The van der Waals surface area contributed by atoms with Gasteiger partial charge in [0, 0.05) is 49.5 Å². The summed E-state index contributed by atoms with van der Waals surface area (Å²) in [6, 6.07) is 9.86. The average Bonchev–Trinajstić information content (AvgIpc) is 3.17. The van der Waals surface area contributed by atoms with Gasteiger partial charge in [-0.3, -0.25) is 14.2 Å². The number of rotatable bonds is 3. The van der Waals surface area contributed by atoms with Crippen molar-refractivity contribution in [1.82, 2.24) is 23.9 Å². The molecule has 0 aromatic carbocycles. The Kier molecular flexibility index (Phi) is 4.55. The monoisotopic (exact) mass is 402 g/mol. The Hall–Kier alpha value is -3.19. The number of hydrogen-bond acceptors (Lipinski definition) is 5. The van der Waals surface area contributed by atoms with Gasteiger partial charge in [-0.15, -0.1) is 0 Å². The predicted octanol–water partition coefficient (Wildman–Crippen LogP) is 2.63. The van der Waals surface area contributed by atoms with Gasteiger partial charge in [0.05, 0.1) is 34.5 Å². The number of nitrogens with zero attached hydrogens (tertiary/aromatic N) is 6. The number of likely N-dealkylation sites (N-methyl/N-ethyl adjacent to an activating group) is 1. The molecule has 0 spiro atoms. The summed E-state index contributed by atoms with van der Waals surface area (Å²) in [5.74, 6) is 0. The number of aromatic nitrogens is 4. The average molecular weight is 403 g/mol. The largest absolute Gasteiger partial charge is 0.368 e. The molecule has 0 amide bonds. The predicted molar refractivity (Wildman–Crippen MR) is 119 cm³/mol. The topological polar surface area (TPSA) is 58.2 Å². The van der Waals surface area contributed by atoms with Crippen LogP contribution in [0.25, 0.3) is 22.3 Å². The molecule has 1 fully saturated rings. The van der Waals surface area contributed by atoms with Gasteiger partial charge in [-0.25, -0.2) is 4.52 Å². The van der Waals surface area contributed by atoms with E-state index in [-0.39, 0.29) is 5.56 Å². The third kappa shape index (κ3) is 3.25. The van der Waals surface area contributed by atoms with Crippen LogP contribution in [-0.2, 0) is 6.42 Å². The summed E-state index contributed by atoms with van der Waals surface area (Å²) in [7, 11) is 2.14. The Morgan fingerprint density at radius 2 is 1.83 bits per heavy atom. The summed E-state index contributed by atoms with van der Waals surface area (Å²) in [5, 5.41) is 4.71. The first-order valence-electron chi connectivity index (χ1n) is 10.5. The molecule has 0 atom stereocenters. The van der Waals surface area contributed by atoms with Crippen LogP contribution >= 0.6 is 0 Å². The number of pyridine rings is 2. The molecule has 0 radical (unpaired) electrons. The van der Waals surface area contributed by atoms with Gasteiger partial charge in [-0.05, 0) is 44.7 Å². The smallest absolute Gasteiger partial charge is 0.255 e. The van der Waals surface area contributed by atoms with E-state index in [1.54, 1.807) is 10.5 Å². The highest BCUT2D eigenvalue weighted by Gasteiger charge is 2.16. The van der Waals surface area contributed by atoms with Crippen molar-refractivity contribution in [3.63, 3.8) is 0 Å².